The van der Waals surface area contributed by atoms with Gasteiger partial charge in [0.15, 0.2) is 11.5 Å². The summed E-state index contributed by atoms with van der Waals surface area (Å²) in [5.41, 5.74) is 3.42. The van der Waals surface area contributed by atoms with Crippen LogP contribution in [-0.2, 0) is 13.5 Å². The number of rotatable bonds is 8. The van der Waals surface area contributed by atoms with Crippen LogP contribution in [0.25, 0.3) is 11.1 Å². The molecule has 0 unspecified atom stereocenters. The number of benzene rings is 2. The highest BCUT2D eigenvalue weighted by molar-refractivity contribution is 6.04. The number of para-hydroxylation sites is 1. The molecule has 0 fully saturated rings. The summed E-state index contributed by atoms with van der Waals surface area (Å²) in [6, 6.07) is 19.0. The molecule has 0 aliphatic carbocycles. The standard InChI is InChI=1S/C26H28N4O3.H2/c1-18-28-24-21(11-7-13-23(24)33-18)26(32)30(3)20(17-19-9-5-4-6-10-19)14-15-27-25(31)22-12-8-16-29(22)2;/h4-13,16,20H,14-15,17H2,1-3H3,(H,27,31);1H/t20-;/m1./s1. The Balaban J connectivity index is 0.00000324. The number of carbonyl (C=O) groups is 2. The molecule has 2 amide bonds. The first-order chi connectivity index (χ1) is 15.9. The van der Waals surface area contributed by atoms with E-state index in [1.165, 1.54) is 0 Å². The number of hydrogen-bond acceptors (Lipinski definition) is 4. The highest BCUT2D eigenvalue weighted by Crippen LogP contribution is 2.22. The normalized spacial score (nSPS) is 12.0. The van der Waals surface area contributed by atoms with E-state index in [-0.39, 0.29) is 19.3 Å². The topological polar surface area (TPSA) is 80.4 Å². The summed E-state index contributed by atoms with van der Waals surface area (Å²) >= 11 is 0. The minimum absolute atomic E-state index is 0. The third-order valence-corrected chi connectivity index (χ3v) is 5.88. The van der Waals surface area contributed by atoms with Gasteiger partial charge in [-0.05, 0) is 42.7 Å². The summed E-state index contributed by atoms with van der Waals surface area (Å²) in [6.07, 6.45) is 3.13. The van der Waals surface area contributed by atoms with E-state index in [2.05, 4.69) is 22.4 Å². The van der Waals surface area contributed by atoms with Gasteiger partial charge in [-0.25, -0.2) is 4.98 Å². The van der Waals surface area contributed by atoms with Gasteiger partial charge in [-0.15, -0.1) is 0 Å². The van der Waals surface area contributed by atoms with Crippen LogP contribution in [0.4, 0.5) is 0 Å². The van der Waals surface area contributed by atoms with Crippen molar-refractivity contribution in [1.82, 2.24) is 19.8 Å². The Morgan fingerprint density at radius 3 is 2.64 bits per heavy atom. The van der Waals surface area contributed by atoms with E-state index in [0.717, 1.165) is 5.56 Å². The quantitative estimate of drug-likeness (QED) is 0.439. The third kappa shape index (κ3) is 4.98. The maximum Gasteiger partial charge on any atom is 0.267 e. The van der Waals surface area contributed by atoms with Crippen molar-refractivity contribution in [3.05, 3.63) is 89.6 Å². The minimum atomic E-state index is -0.127. The molecule has 0 saturated heterocycles. The van der Waals surface area contributed by atoms with Crippen LogP contribution >= 0.6 is 0 Å². The summed E-state index contributed by atoms with van der Waals surface area (Å²) in [6.45, 7) is 2.22. The molecule has 4 aromatic rings. The molecule has 2 heterocycles. The molecule has 0 saturated carbocycles. The van der Waals surface area contributed by atoms with Crippen LogP contribution < -0.4 is 5.32 Å². The molecular weight excluding hydrogens is 416 g/mol. The SMILES string of the molecule is Cc1nc2c(C(=O)N(C)[C@H](CCNC(=O)c3cccn3C)Cc3ccccc3)cccc2o1.[HH]. The molecule has 2 aromatic carbocycles. The second-order valence-electron chi connectivity index (χ2n) is 8.19. The van der Waals surface area contributed by atoms with Crippen LogP contribution in [0.3, 0.4) is 0 Å². The number of carbonyl (C=O) groups excluding carboxylic acids is 2. The zero-order chi connectivity index (χ0) is 23.4. The van der Waals surface area contributed by atoms with Crippen molar-refractivity contribution in [2.75, 3.05) is 13.6 Å². The van der Waals surface area contributed by atoms with E-state index < -0.39 is 0 Å². The van der Waals surface area contributed by atoms with Gasteiger partial charge in [0, 0.05) is 41.2 Å². The van der Waals surface area contributed by atoms with Gasteiger partial charge in [-0.3, -0.25) is 9.59 Å². The summed E-state index contributed by atoms with van der Waals surface area (Å²) < 4.78 is 7.38. The lowest BCUT2D eigenvalue weighted by Crippen LogP contribution is -2.41. The Kier molecular flexibility index (Phi) is 6.58. The zero-order valence-corrected chi connectivity index (χ0v) is 19.1. The molecule has 2 aromatic heterocycles. The Hall–Kier alpha value is -3.87. The number of aryl methyl sites for hydroxylation is 2. The Labute approximate surface area is 194 Å². The maximum atomic E-state index is 13.5. The molecule has 1 N–H and O–H groups in total. The number of amides is 2. The van der Waals surface area contributed by atoms with Gasteiger partial charge in [0.1, 0.15) is 11.2 Å². The fourth-order valence-corrected chi connectivity index (χ4v) is 4.05. The monoisotopic (exact) mass is 446 g/mol. The largest absolute Gasteiger partial charge is 0.441 e. The minimum Gasteiger partial charge on any atom is -0.441 e. The Morgan fingerprint density at radius 1 is 1.12 bits per heavy atom. The van der Waals surface area contributed by atoms with Crippen LogP contribution in [0.1, 0.15) is 40.1 Å². The summed E-state index contributed by atoms with van der Waals surface area (Å²) in [4.78, 5) is 32.1. The fraction of sp³-hybridized carbons (Fsp3) is 0.269. The van der Waals surface area contributed by atoms with E-state index in [1.807, 2.05) is 43.6 Å². The van der Waals surface area contributed by atoms with Crippen LogP contribution in [0, 0.1) is 6.92 Å². The molecule has 0 aliphatic rings. The van der Waals surface area contributed by atoms with Crippen molar-refractivity contribution >= 4 is 22.9 Å². The van der Waals surface area contributed by atoms with Crippen molar-refractivity contribution in [2.24, 2.45) is 7.05 Å². The van der Waals surface area contributed by atoms with Crippen LogP contribution in [0.15, 0.2) is 71.3 Å². The average Bonchev–Trinajstić information content (AvgIpc) is 3.42. The summed E-state index contributed by atoms with van der Waals surface area (Å²) in [7, 11) is 3.65. The lowest BCUT2D eigenvalue weighted by Gasteiger charge is -2.29. The van der Waals surface area contributed by atoms with Gasteiger partial charge in [-0.1, -0.05) is 36.4 Å². The molecule has 4 rings (SSSR count). The fourth-order valence-electron chi connectivity index (χ4n) is 4.05. The number of likely N-dealkylation sites (N-methyl/N-ethyl adjacent to an activating group) is 1. The highest BCUT2D eigenvalue weighted by atomic mass is 16.3. The molecule has 7 heteroatoms. The molecule has 0 aliphatic heterocycles. The number of hydrogen-bond donors (Lipinski definition) is 1. The first-order valence-corrected chi connectivity index (χ1v) is 11.0. The maximum absolute atomic E-state index is 13.5. The van der Waals surface area contributed by atoms with Gasteiger partial charge < -0.3 is 19.2 Å². The molecule has 7 nitrogen and oxygen atoms in total. The van der Waals surface area contributed by atoms with E-state index in [4.69, 9.17) is 4.42 Å². The second-order valence-corrected chi connectivity index (χ2v) is 8.19. The molecule has 1 atom stereocenters. The van der Waals surface area contributed by atoms with Crippen molar-refractivity contribution in [2.45, 2.75) is 25.8 Å². The van der Waals surface area contributed by atoms with Crippen LogP contribution in [-0.4, -0.2) is 45.9 Å². The lowest BCUT2D eigenvalue weighted by molar-refractivity contribution is 0.0724. The van der Waals surface area contributed by atoms with Gasteiger partial charge in [0.25, 0.3) is 11.8 Å². The average molecular weight is 447 g/mol. The lowest BCUT2D eigenvalue weighted by atomic mass is 10.0. The second kappa shape index (κ2) is 9.73. The predicted molar refractivity (Wildman–Crippen MR) is 129 cm³/mol. The van der Waals surface area contributed by atoms with Crippen molar-refractivity contribution in [3.63, 3.8) is 0 Å². The van der Waals surface area contributed by atoms with Gasteiger partial charge in [0.2, 0.25) is 0 Å². The zero-order valence-electron chi connectivity index (χ0n) is 19.1. The van der Waals surface area contributed by atoms with E-state index >= 15 is 0 Å². The number of oxazole rings is 1. The predicted octanol–water partition coefficient (Wildman–Crippen LogP) is 4.22. The molecule has 33 heavy (non-hydrogen) atoms. The number of nitrogens with zero attached hydrogens (tertiary/aromatic N) is 3. The van der Waals surface area contributed by atoms with Gasteiger partial charge in [-0.2, -0.15) is 0 Å². The highest BCUT2D eigenvalue weighted by Gasteiger charge is 2.24. The van der Waals surface area contributed by atoms with Crippen molar-refractivity contribution in [1.29, 1.82) is 0 Å². The molecule has 0 bridgehead atoms. The van der Waals surface area contributed by atoms with Crippen LogP contribution in [0.2, 0.25) is 0 Å². The molecular formula is C26H30N4O3. The number of aromatic nitrogens is 2. The van der Waals surface area contributed by atoms with E-state index in [9.17, 15) is 9.59 Å². The first-order valence-electron chi connectivity index (χ1n) is 11.0. The number of fused-ring (bicyclic) bond motifs is 1. The van der Waals surface area contributed by atoms with Crippen molar-refractivity contribution < 1.29 is 15.4 Å². The van der Waals surface area contributed by atoms with Gasteiger partial charge >= 0.3 is 0 Å². The summed E-state index contributed by atoms with van der Waals surface area (Å²) in [5, 5.41) is 2.98. The summed E-state index contributed by atoms with van der Waals surface area (Å²) in [5.74, 6) is 0.276. The van der Waals surface area contributed by atoms with Crippen molar-refractivity contribution in [3.8, 4) is 0 Å². The van der Waals surface area contributed by atoms with Gasteiger partial charge in [0.05, 0.1) is 5.56 Å². The molecule has 172 valence electrons. The third-order valence-electron chi connectivity index (χ3n) is 5.88. The molecule has 0 spiro atoms. The van der Waals surface area contributed by atoms with E-state index in [0.29, 0.717) is 47.6 Å². The smallest absolute Gasteiger partial charge is 0.267 e. The number of nitrogens with one attached hydrogen (secondary N) is 1. The first kappa shape index (κ1) is 22.3. The Morgan fingerprint density at radius 2 is 1.91 bits per heavy atom. The molecule has 0 radical (unpaired) electrons. The van der Waals surface area contributed by atoms with Crippen LogP contribution in [0.5, 0.6) is 0 Å². The van der Waals surface area contributed by atoms with E-state index in [1.54, 1.807) is 41.6 Å². The Bertz CT molecular complexity index is 1270.